The van der Waals surface area contributed by atoms with E-state index in [4.69, 9.17) is 9.47 Å². The lowest BCUT2D eigenvalue weighted by atomic mass is 9.85. The second-order valence-electron chi connectivity index (χ2n) is 6.77. The van der Waals surface area contributed by atoms with Crippen LogP contribution in [0.1, 0.15) is 42.5 Å². The van der Waals surface area contributed by atoms with Crippen LogP contribution in [-0.2, 0) is 4.79 Å². The van der Waals surface area contributed by atoms with Crippen molar-refractivity contribution in [1.29, 1.82) is 0 Å². The van der Waals surface area contributed by atoms with Crippen molar-refractivity contribution in [2.45, 2.75) is 38.1 Å². The van der Waals surface area contributed by atoms with Crippen LogP contribution < -0.4 is 14.8 Å². The summed E-state index contributed by atoms with van der Waals surface area (Å²) in [7, 11) is 0. The molecule has 1 saturated carbocycles. The summed E-state index contributed by atoms with van der Waals surface area (Å²) in [5.74, 6) is 1.73. The Kier molecular flexibility index (Phi) is 4.04. The van der Waals surface area contributed by atoms with Gasteiger partial charge in [-0.3, -0.25) is 9.59 Å². The van der Waals surface area contributed by atoms with Crippen LogP contribution in [0.15, 0.2) is 18.2 Å². The van der Waals surface area contributed by atoms with Gasteiger partial charge in [-0.25, -0.2) is 0 Å². The fourth-order valence-corrected chi connectivity index (χ4v) is 3.54. The highest BCUT2D eigenvalue weighted by Crippen LogP contribution is 2.33. The molecule has 2 aliphatic heterocycles. The lowest BCUT2D eigenvalue weighted by Crippen LogP contribution is -2.47. The minimum Gasteiger partial charge on any atom is -0.454 e. The van der Waals surface area contributed by atoms with Crippen molar-refractivity contribution >= 4 is 11.8 Å². The number of hydrogen-bond donors (Lipinski definition) is 1. The zero-order chi connectivity index (χ0) is 16.5. The summed E-state index contributed by atoms with van der Waals surface area (Å²) in [6.45, 7) is 1.54. The first kappa shape index (κ1) is 15.3. The molecule has 2 amide bonds. The number of nitrogens with zero attached hydrogens (tertiary/aromatic N) is 1. The summed E-state index contributed by atoms with van der Waals surface area (Å²) < 4.78 is 10.6. The number of nitrogens with one attached hydrogen (secondary N) is 1. The maximum absolute atomic E-state index is 12.8. The summed E-state index contributed by atoms with van der Waals surface area (Å²) in [5, 5.41) is 3.03. The highest BCUT2D eigenvalue weighted by molar-refractivity contribution is 5.98. The monoisotopic (exact) mass is 330 g/mol. The van der Waals surface area contributed by atoms with E-state index < -0.39 is 0 Å². The van der Waals surface area contributed by atoms with Gasteiger partial charge in [0.05, 0.1) is 0 Å². The van der Waals surface area contributed by atoms with E-state index in [0.717, 1.165) is 19.4 Å². The molecule has 24 heavy (non-hydrogen) atoms. The van der Waals surface area contributed by atoms with Crippen molar-refractivity contribution in [3.8, 4) is 11.5 Å². The number of rotatable bonds is 4. The van der Waals surface area contributed by atoms with Gasteiger partial charge in [-0.1, -0.05) is 6.42 Å². The largest absolute Gasteiger partial charge is 0.454 e. The maximum Gasteiger partial charge on any atom is 0.254 e. The number of amides is 2. The van der Waals surface area contributed by atoms with Gasteiger partial charge < -0.3 is 19.7 Å². The summed E-state index contributed by atoms with van der Waals surface area (Å²) in [4.78, 5) is 27.0. The molecule has 1 N–H and O–H groups in total. The molecule has 6 heteroatoms. The lowest BCUT2D eigenvalue weighted by Gasteiger charge is -2.28. The number of benzene rings is 1. The van der Waals surface area contributed by atoms with E-state index in [2.05, 4.69) is 5.32 Å². The first-order chi connectivity index (χ1) is 11.7. The van der Waals surface area contributed by atoms with Crippen molar-refractivity contribution in [1.82, 2.24) is 10.2 Å². The Balaban J connectivity index is 1.43. The molecule has 2 fully saturated rings. The number of ether oxygens (including phenoxy) is 2. The highest BCUT2D eigenvalue weighted by Gasteiger charge is 2.35. The van der Waals surface area contributed by atoms with E-state index in [0.29, 0.717) is 29.5 Å². The summed E-state index contributed by atoms with van der Waals surface area (Å²) in [5.41, 5.74) is 0.540. The van der Waals surface area contributed by atoms with Crippen molar-refractivity contribution in [2.75, 3.05) is 19.9 Å². The maximum atomic E-state index is 12.8. The number of carbonyl (C=O) groups excluding carboxylic acids is 2. The van der Waals surface area contributed by atoms with Crippen LogP contribution in [0.3, 0.4) is 0 Å². The summed E-state index contributed by atoms with van der Waals surface area (Å²) >= 11 is 0. The van der Waals surface area contributed by atoms with Crippen molar-refractivity contribution < 1.29 is 19.1 Å². The molecule has 0 spiro atoms. The van der Waals surface area contributed by atoms with Gasteiger partial charge >= 0.3 is 0 Å². The number of hydrogen-bond acceptors (Lipinski definition) is 4. The van der Waals surface area contributed by atoms with Crippen LogP contribution in [0.25, 0.3) is 0 Å². The van der Waals surface area contributed by atoms with Crippen LogP contribution >= 0.6 is 0 Å². The normalized spacial score (nSPS) is 22.3. The van der Waals surface area contributed by atoms with Gasteiger partial charge in [-0.15, -0.1) is 0 Å². The number of carbonyl (C=O) groups is 2. The van der Waals surface area contributed by atoms with Gasteiger partial charge in [0.15, 0.2) is 11.5 Å². The minimum atomic E-state index is -0.358. The van der Waals surface area contributed by atoms with Crippen LogP contribution in [0.4, 0.5) is 0 Å². The average molecular weight is 330 g/mol. The molecule has 3 aliphatic rings. The van der Waals surface area contributed by atoms with Crippen LogP contribution in [0, 0.1) is 5.92 Å². The molecule has 6 nitrogen and oxygen atoms in total. The molecule has 0 radical (unpaired) electrons. The number of fused-ring (bicyclic) bond motifs is 1. The smallest absolute Gasteiger partial charge is 0.254 e. The first-order valence-corrected chi connectivity index (χ1v) is 8.71. The molecule has 4 rings (SSSR count). The topological polar surface area (TPSA) is 67.9 Å². The van der Waals surface area contributed by atoms with E-state index >= 15 is 0 Å². The number of likely N-dealkylation sites (tertiary alicyclic amines) is 1. The van der Waals surface area contributed by atoms with Gasteiger partial charge in [0.1, 0.15) is 6.04 Å². The van der Waals surface area contributed by atoms with Gasteiger partial charge in [-0.05, 0) is 49.8 Å². The zero-order valence-electron chi connectivity index (χ0n) is 13.6. The quantitative estimate of drug-likeness (QED) is 0.916. The predicted molar refractivity (Wildman–Crippen MR) is 87.0 cm³/mol. The van der Waals surface area contributed by atoms with Crippen LogP contribution in [0.5, 0.6) is 11.5 Å². The van der Waals surface area contributed by atoms with E-state index in [-0.39, 0.29) is 24.6 Å². The third-order valence-corrected chi connectivity index (χ3v) is 5.23. The third-order valence-electron chi connectivity index (χ3n) is 5.23. The highest BCUT2D eigenvalue weighted by atomic mass is 16.7. The van der Waals surface area contributed by atoms with Crippen molar-refractivity contribution in [3.05, 3.63) is 23.8 Å². The van der Waals surface area contributed by atoms with Gasteiger partial charge in [0, 0.05) is 18.7 Å². The Morgan fingerprint density at radius 1 is 1.12 bits per heavy atom. The zero-order valence-corrected chi connectivity index (χ0v) is 13.6. The molecular formula is C18H22N2O4. The lowest BCUT2D eigenvalue weighted by molar-refractivity contribution is -0.125. The van der Waals surface area contributed by atoms with Crippen molar-refractivity contribution in [3.63, 3.8) is 0 Å². The second-order valence-corrected chi connectivity index (χ2v) is 6.77. The standard InChI is InChI=1S/C18H22N2O4/c21-17(19-10-12-3-1-4-12)14-5-2-8-20(14)18(22)13-6-7-15-16(9-13)24-11-23-15/h6-7,9,12,14H,1-5,8,10-11H2,(H,19,21)/t14-/m1/s1. The molecule has 1 aromatic carbocycles. The first-order valence-electron chi connectivity index (χ1n) is 8.71. The molecule has 1 saturated heterocycles. The summed E-state index contributed by atoms with van der Waals surface area (Å²) in [6.07, 6.45) is 5.25. The predicted octanol–water partition coefficient (Wildman–Crippen LogP) is 1.94. The molecular weight excluding hydrogens is 308 g/mol. The second kappa shape index (κ2) is 6.34. The molecule has 1 atom stereocenters. The Bertz CT molecular complexity index is 656. The minimum absolute atomic E-state index is 0.0199. The SMILES string of the molecule is O=C(NCC1CCC1)[C@H]1CCCN1C(=O)c1ccc2c(c1)OCO2. The van der Waals surface area contributed by atoms with E-state index in [1.165, 1.54) is 19.3 Å². The fourth-order valence-electron chi connectivity index (χ4n) is 3.54. The van der Waals surface area contributed by atoms with Gasteiger partial charge in [0.2, 0.25) is 12.7 Å². The van der Waals surface area contributed by atoms with E-state index in [1.54, 1.807) is 23.1 Å². The van der Waals surface area contributed by atoms with Gasteiger partial charge in [-0.2, -0.15) is 0 Å². The Hall–Kier alpha value is -2.24. The summed E-state index contributed by atoms with van der Waals surface area (Å²) in [6, 6.07) is 4.82. The van der Waals surface area contributed by atoms with Crippen LogP contribution in [0.2, 0.25) is 0 Å². The molecule has 0 unspecified atom stereocenters. The van der Waals surface area contributed by atoms with Crippen LogP contribution in [-0.4, -0.2) is 42.6 Å². The Labute approximate surface area is 141 Å². The molecule has 1 aliphatic carbocycles. The molecule has 0 bridgehead atoms. The fraction of sp³-hybridized carbons (Fsp3) is 0.556. The average Bonchev–Trinajstić information content (AvgIpc) is 3.20. The molecule has 128 valence electrons. The Morgan fingerprint density at radius 3 is 2.75 bits per heavy atom. The molecule has 0 aromatic heterocycles. The van der Waals surface area contributed by atoms with Crippen molar-refractivity contribution in [2.24, 2.45) is 5.92 Å². The molecule has 2 heterocycles. The molecule has 1 aromatic rings. The Morgan fingerprint density at radius 2 is 1.96 bits per heavy atom. The van der Waals surface area contributed by atoms with E-state index in [1.807, 2.05) is 0 Å². The third kappa shape index (κ3) is 2.81. The van der Waals surface area contributed by atoms with E-state index in [9.17, 15) is 9.59 Å². The van der Waals surface area contributed by atoms with Gasteiger partial charge in [0.25, 0.3) is 5.91 Å².